The highest BCUT2D eigenvalue weighted by molar-refractivity contribution is 5.88. The Bertz CT molecular complexity index is 238. The standard InChI is InChI=1S/C8H8O3/c1-6-7(3-2-4-9)5-8(10)11-6/h4-5H,1-3H2. The number of carbonyl (C=O) groups is 2. The van der Waals surface area contributed by atoms with Crippen LogP contribution in [0.5, 0.6) is 0 Å². The molecular weight excluding hydrogens is 144 g/mol. The van der Waals surface area contributed by atoms with Gasteiger partial charge in [-0.25, -0.2) is 4.79 Å². The normalized spacial score (nSPS) is 16.2. The second-order valence-corrected chi connectivity index (χ2v) is 2.22. The lowest BCUT2D eigenvalue weighted by molar-refractivity contribution is -0.132. The molecule has 0 atom stereocenters. The number of esters is 1. The highest BCUT2D eigenvalue weighted by atomic mass is 16.5. The summed E-state index contributed by atoms with van der Waals surface area (Å²) in [5.74, 6) is -0.0206. The van der Waals surface area contributed by atoms with E-state index in [1.54, 1.807) is 0 Å². The molecule has 0 aliphatic carbocycles. The second kappa shape index (κ2) is 3.14. The Hall–Kier alpha value is -1.38. The molecule has 0 N–H and O–H groups in total. The van der Waals surface area contributed by atoms with Crippen molar-refractivity contribution < 1.29 is 14.3 Å². The van der Waals surface area contributed by atoms with Gasteiger partial charge in [-0.3, -0.25) is 0 Å². The van der Waals surface area contributed by atoms with Gasteiger partial charge in [-0.1, -0.05) is 6.58 Å². The molecule has 0 spiro atoms. The smallest absolute Gasteiger partial charge is 0.336 e. The molecule has 0 aromatic heterocycles. The lowest BCUT2D eigenvalue weighted by atomic mass is 10.1. The van der Waals surface area contributed by atoms with Crippen molar-refractivity contribution in [3.05, 3.63) is 24.0 Å². The van der Waals surface area contributed by atoms with Crippen LogP contribution in [0.3, 0.4) is 0 Å². The van der Waals surface area contributed by atoms with Gasteiger partial charge >= 0.3 is 5.97 Å². The van der Waals surface area contributed by atoms with Gasteiger partial charge in [0, 0.05) is 18.1 Å². The monoisotopic (exact) mass is 152 g/mol. The van der Waals surface area contributed by atoms with Crippen LogP contribution >= 0.6 is 0 Å². The van der Waals surface area contributed by atoms with Crippen molar-refractivity contribution in [3.63, 3.8) is 0 Å². The van der Waals surface area contributed by atoms with Crippen LogP contribution in [0.25, 0.3) is 0 Å². The van der Waals surface area contributed by atoms with Crippen LogP contribution in [-0.2, 0) is 14.3 Å². The van der Waals surface area contributed by atoms with Crippen molar-refractivity contribution in [2.45, 2.75) is 12.8 Å². The van der Waals surface area contributed by atoms with E-state index in [2.05, 4.69) is 11.3 Å². The van der Waals surface area contributed by atoms with Crippen molar-refractivity contribution in [3.8, 4) is 0 Å². The van der Waals surface area contributed by atoms with Gasteiger partial charge in [0.2, 0.25) is 0 Å². The molecule has 1 aliphatic heterocycles. The first-order valence-corrected chi connectivity index (χ1v) is 3.29. The van der Waals surface area contributed by atoms with E-state index in [4.69, 9.17) is 0 Å². The van der Waals surface area contributed by atoms with E-state index in [0.717, 1.165) is 11.9 Å². The van der Waals surface area contributed by atoms with E-state index in [9.17, 15) is 9.59 Å². The third-order valence-corrected chi connectivity index (χ3v) is 1.41. The summed E-state index contributed by atoms with van der Waals surface area (Å²) < 4.78 is 4.63. The van der Waals surface area contributed by atoms with Gasteiger partial charge in [0.25, 0.3) is 0 Å². The number of hydrogen-bond donors (Lipinski definition) is 0. The number of rotatable bonds is 3. The van der Waals surface area contributed by atoms with Crippen LogP contribution in [-0.4, -0.2) is 12.3 Å². The average Bonchev–Trinajstić information content (AvgIpc) is 2.26. The second-order valence-electron chi connectivity index (χ2n) is 2.22. The zero-order chi connectivity index (χ0) is 8.27. The summed E-state index contributed by atoms with van der Waals surface area (Å²) >= 11 is 0. The maximum absolute atomic E-state index is 10.6. The lowest BCUT2D eigenvalue weighted by Gasteiger charge is -1.97. The molecule has 0 saturated carbocycles. The average molecular weight is 152 g/mol. The third-order valence-electron chi connectivity index (χ3n) is 1.41. The largest absolute Gasteiger partial charge is 0.424 e. The first-order chi connectivity index (χ1) is 5.24. The van der Waals surface area contributed by atoms with Crippen molar-refractivity contribution in [2.75, 3.05) is 0 Å². The lowest BCUT2D eigenvalue weighted by Crippen LogP contribution is -1.89. The number of ether oxygens (including phenoxy) is 1. The highest BCUT2D eigenvalue weighted by Crippen LogP contribution is 2.21. The Morgan fingerprint density at radius 3 is 2.82 bits per heavy atom. The zero-order valence-electron chi connectivity index (χ0n) is 6.00. The van der Waals surface area contributed by atoms with E-state index in [1.807, 2.05) is 0 Å². The molecule has 0 bridgehead atoms. The molecule has 58 valence electrons. The fourth-order valence-corrected chi connectivity index (χ4v) is 0.865. The van der Waals surface area contributed by atoms with Crippen LogP contribution in [0.4, 0.5) is 0 Å². The molecule has 0 amide bonds. The third kappa shape index (κ3) is 1.77. The molecule has 3 nitrogen and oxygen atoms in total. The fraction of sp³-hybridized carbons (Fsp3) is 0.250. The minimum atomic E-state index is -0.393. The molecule has 0 unspecified atom stereocenters. The molecular formula is C8H8O3. The Balaban J connectivity index is 2.56. The van der Waals surface area contributed by atoms with Gasteiger partial charge in [0.15, 0.2) is 0 Å². The molecule has 0 radical (unpaired) electrons. The Morgan fingerprint density at radius 2 is 2.36 bits per heavy atom. The van der Waals surface area contributed by atoms with Gasteiger partial charge in [-0.05, 0) is 6.42 Å². The van der Waals surface area contributed by atoms with Crippen LogP contribution < -0.4 is 0 Å². The molecule has 0 saturated heterocycles. The summed E-state index contributed by atoms with van der Waals surface area (Å²) in [5, 5.41) is 0. The molecule has 11 heavy (non-hydrogen) atoms. The van der Waals surface area contributed by atoms with Crippen molar-refractivity contribution in [2.24, 2.45) is 0 Å². The Labute approximate surface area is 64.3 Å². The van der Waals surface area contributed by atoms with E-state index in [0.29, 0.717) is 18.6 Å². The number of hydrogen-bond acceptors (Lipinski definition) is 3. The topological polar surface area (TPSA) is 43.4 Å². The summed E-state index contributed by atoms with van der Waals surface area (Å²) in [5.41, 5.74) is 0.724. The predicted molar refractivity (Wildman–Crippen MR) is 38.6 cm³/mol. The van der Waals surface area contributed by atoms with E-state index >= 15 is 0 Å². The number of cyclic esters (lactones) is 1. The first-order valence-electron chi connectivity index (χ1n) is 3.29. The molecule has 0 aromatic rings. The van der Waals surface area contributed by atoms with Crippen LogP contribution in [0.2, 0.25) is 0 Å². The predicted octanol–water partition coefficient (Wildman–Crippen LogP) is 0.962. The molecule has 3 heteroatoms. The number of aldehydes is 1. The van der Waals surface area contributed by atoms with Crippen molar-refractivity contribution in [1.29, 1.82) is 0 Å². The van der Waals surface area contributed by atoms with Crippen LogP contribution in [0, 0.1) is 0 Å². The number of allylic oxidation sites excluding steroid dienone is 1. The molecule has 0 fully saturated rings. The maximum atomic E-state index is 10.6. The summed E-state index contributed by atoms with van der Waals surface area (Å²) in [6.45, 7) is 3.51. The quantitative estimate of drug-likeness (QED) is 0.447. The summed E-state index contributed by atoms with van der Waals surface area (Å²) in [6, 6.07) is 0. The molecule has 1 rings (SSSR count). The summed E-state index contributed by atoms with van der Waals surface area (Å²) in [6.07, 6.45) is 3.11. The summed E-state index contributed by atoms with van der Waals surface area (Å²) in [7, 11) is 0. The minimum absolute atomic E-state index is 0.372. The van der Waals surface area contributed by atoms with Gasteiger partial charge < -0.3 is 9.53 Å². The van der Waals surface area contributed by atoms with Crippen molar-refractivity contribution in [1.82, 2.24) is 0 Å². The van der Waals surface area contributed by atoms with Crippen LogP contribution in [0.1, 0.15) is 12.8 Å². The van der Waals surface area contributed by atoms with E-state index < -0.39 is 5.97 Å². The van der Waals surface area contributed by atoms with Crippen molar-refractivity contribution >= 4 is 12.3 Å². The van der Waals surface area contributed by atoms with Gasteiger partial charge in [0.1, 0.15) is 12.0 Å². The molecule has 1 aliphatic rings. The van der Waals surface area contributed by atoms with Gasteiger partial charge in [-0.15, -0.1) is 0 Å². The minimum Gasteiger partial charge on any atom is -0.424 e. The fourth-order valence-electron chi connectivity index (χ4n) is 0.865. The Morgan fingerprint density at radius 1 is 1.64 bits per heavy atom. The van der Waals surface area contributed by atoms with Gasteiger partial charge in [0.05, 0.1) is 0 Å². The SMILES string of the molecule is C=C1OC(=O)C=C1CCC=O. The molecule has 0 aromatic carbocycles. The maximum Gasteiger partial charge on any atom is 0.336 e. The summed E-state index contributed by atoms with van der Waals surface area (Å²) in [4.78, 5) is 20.5. The highest BCUT2D eigenvalue weighted by Gasteiger charge is 2.16. The zero-order valence-corrected chi connectivity index (χ0v) is 6.00. The van der Waals surface area contributed by atoms with Crippen LogP contribution in [0.15, 0.2) is 24.0 Å². The number of carbonyl (C=O) groups excluding carboxylic acids is 2. The Kier molecular flexibility index (Phi) is 2.21. The first kappa shape index (κ1) is 7.72. The van der Waals surface area contributed by atoms with E-state index in [-0.39, 0.29) is 0 Å². The molecule has 1 heterocycles. The van der Waals surface area contributed by atoms with Gasteiger partial charge in [-0.2, -0.15) is 0 Å². The van der Waals surface area contributed by atoms with E-state index in [1.165, 1.54) is 6.08 Å².